The molecule has 5 rings (SSSR count). The Morgan fingerprint density at radius 3 is 2.42 bits per heavy atom. The lowest BCUT2D eigenvalue weighted by Crippen LogP contribution is -2.54. The molecule has 1 N–H and O–H groups in total. The van der Waals surface area contributed by atoms with Gasteiger partial charge in [0.15, 0.2) is 17.5 Å². The minimum absolute atomic E-state index is 0.0509. The first kappa shape index (κ1) is 27.6. The van der Waals surface area contributed by atoms with Crippen LogP contribution in [0.3, 0.4) is 0 Å². The van der Waals surface area contributed by atoms with Crippen LogP contribution in [0, 0.1) is 17.5 Å². The molecule has 1 fully saturated rings. The van der Waals surface area contributed by atoms with Gasteiger partial charge in [0, 0.05) is 60.1 Å². The highest BCUT2D eigenvalue weighted by Crippen LogP contribution is 2.29. The number of hydrogen-bond donors (Lipinski definition) is 1. The molecule has 3 aromatic carbocycles. The molecule has 7 nitrogen and oxygen atoms in total. The molecule has 2 heterocycles. The summed E-state index contributed by atoms with van der Waals surface area (Å²) in [5.74, 6) is -4.16. The minimum Gasteiger partial charge on any atom is -0.333 e. The highest BCUT2D eigenvalue weighted by Gasteiger charge is 2.32. The number of pyridine rings is 1. The Morgan fingerprint density at radius 2 is 1.70 bits per heavy atom. The van der Waals surface area contributed by atoms with Crippen LogP contribution >= 0.6 is 0 Å². The quantitative estimate of drug-likeness (QED) is 0.317. The fourth-order valence-electron chi connectivity index (χ4n) is 5.05. The van der Waals surface area contributed by atoms with Crippen LogP contribution in [0.25, 0.3) is 10.9 Å². The number of nitrogens with one attached hydrogen (secondary N) is 1. The second-order valence-electron chi connectivity index (χ2n) is 9.80. The van der Waals surface area contributed by atoms with Crippen LogP contribution < -0.4 is 4.72 Å². The molecule has 0 saturated carbocycles. The number of fused-ring (bicyclic) bond motifs is 1. The van der Waals surface area contributed by atoms with Gasteiger partial charge in [-0.15, -0.1) is 0 Å². The van der Waals surface area contributed by atoms with E-state index in [1.54, 1.807) is 48.2 Å². The topological polar surface area (TPSA) is 82.6 Å². The van der Waals surface area contributed by atoms with Gasteiger partial charge in [0.2, 0.25) is 0 Å². The van der Waals surface area contributed by atoms with Crippen LogP contribution in [0.1, 0.15) is 35.8 Å². The zero-order chi connectivity index (χ0) is 28.6. The van der Waals surface area contributed by atoms with E-state index in [-0.39, 0.29) is 22.4 Å². The Hall–Kier alpha value is -3.96. The number of nitrogens with zero attached hydrogens (tertiary/aromatic N) is 3. The van der Waals surface area contributed by atoms with Crippen molar-refractivity contribution in [2.24, 2.45) is 0 Å². The maximum Gasteiger partial charge on any atom is 0.264 e. The van der Waals surface area contributed by atoms with E-state index in [2.05, 4.69) is 9.71 Å². The van der Waals surface area contributed by atoms with Crippen molar-refractivity contribution in [1.82, 2.24) is 14.8 Å². The molecule has 208 valence electrons. The Morgan fingerprint density at radius 1 is 0.975 bits per heavy atom. The first-order chi connectivity index (χ1) is 19.1. The highest BCUT2D eigenvalue weighted by atomic mass is 32.2. The summed E-state index contributed by atoms with van der Waals surface area (Å²) in [7, 11) is -3.93. The number of anilines is 1. The Bertz CT molecular complexity index is 1680. The van der Waals surface area contributed by atoms with Gasteiger partial charge in [-0.05, 0) is 56.3 Å². The molecular formula is C29H27F3N4O3S. The Kier molecular flexibility index (Phi) is 7.52. The van der Waals surface area contributed by atoms with Gasteiger partial charge in [0.05, 0.1) is 5.52 Å². The molecule has 2 unspecified atom stereocenters. The van der Waals surface area contributed by atoms with Crippen LogP contribution in [-0.4, -0.2) is 54.8 Å². The average molecular weight is 569 g/mol. The molecule has 4 aromatic rings. The second-order valence-corrected chi connectivity index (χ2v) is 11.4. The first-order valence-corrected chi connectivity index (χ1v) is 14.2. The van der Waals surface area contributed by atoms with E-state index >= 15 is 0 Å². The molecule has 0 aliphatic carbocycles. The molecule has 2 atom stereocenters. The number of carbonyl (C=O) groups is 1. The summed E-state index contributed by atoms with van der Waals surface area (Å²) in [4.78, 5) is 21.1. The molecule has 0 bridgehead atoms. The van der Waals surface area contributed by atoms with Crippen LogP contribution in [-0.2, 0) is 10.0 Å². The standard InChI is InChI=1S/C29H27F3N4O3S/c1-18-17-35(19(2)23-12-13-24(30)27(32)26(23)31)15-16-36(18)29(37)21-8-10-22(11-9-21)34-40(38,39)25-7-3-5-20-6-4-14-33-28(20)25/h3-14,18-19,34H,15-17H2,1-2H3. The molecule has 1 aliphatic heterocycles. The minimum atomic E-state index is -3.93. The van der Waals surface area contributed by atoms with Crippen LogP contribution in [0.15, 0.2) is 77.8 Å². The fraction of sp³-hybridized carbons (Fsp3) is 0.241. The molecule has 1 amide bonds. The van der Waals surface area contributed by atoms with Gasteiger partial charge in [-0.2, -0.15) is 0 Å². The van der Waals surface area contributed by atoms with E-state index in [0.717, 1.165) is 6.07 Å². The van der Waals surface area contributed by atoms with Crippen molar-refractivity contribution >= 4 is 32.5 Å². The number of hydrogen-bond acceptors (Lipinski definition) is 5. The SMILES string of the molecule is CC(c1ccc(F)c(F)c1F)N1CCN(C(=O)c2ccc(NS(=O)(=O)c3cccc4cccnc34)cc2)C(C)C1. The predicted octanol–water partition coefficient (Wildman–Crippen LogP) is 5.36. The van der Waals surface area contributed by atoms with Gasteiger partial charge in [-0.1, -0.05) is 24.3 Å². The predicted molar refractivity (Wildman–Crippen MR) is 146 cm³/mol. The van der Waals surface area contributed by atoms with Gasteiger partial charge >= 0.3 is 0 Å². The maximum atomic E-state index is 14.3. The van der Waals surface area contributed by atoms with E-state index in [1.807, 2.05) is 11.8 Å². The molecule has 40 heavy (non-hydrogen) atoms. The van der Waals surface area contributed by atoms with E-state index in [9.17, 15) is 26.4 Å². The van der Waals surface area contributed by atoms with Crippen molar-refractivity contribution in [3.63, 3.8) is 0 Å². The van der Waals surface area contributed by atoms with Crippen molar-refractivity contribution in [2.75, 3.05) is 24.4 Å². The Labute approximate surface area is 230 Å². The van der Waals surface area contributed by atoms with Crippen molar-refractivity contribution in [2.45, 2.75) is 30.8 Å². The van der Waals surface area contributed by atoms with Crippen LogP contribution in [0.2, 0.25) is 0 Å². The van der Waals surface area contributed by atoms with Gasteiger partial charge < -0.3 is 4.90 Å². The number of amides is 1. The van der Waals surface area contributed by atoms with Crippen LogP contribution in [0.4, 0.5) is 18.9 Å². The zero-order valence-corrected chi connectivity index (χ0v) is 22.6. The third-order valence-corrected chi connectivity index (χ3v) is 8.66. The molecule has 0 radical (unpaired) electrons. The number of rotatable bonds is 6. The molecule has 0 spiro atoms. The summed E-state index contributed by atoms with van der Waals surface area (Å²) < 4.78 is 70.2. The number of halogens is 3. The fourth-order valence-corrected chi connectivity index (χ4v) is 6.29. The van der Waals surface area contributed by atoms with Gasteiger partial charge in [0.1, 0.15) is 4.90 Å². The van der Waals surface area contributed by atoms with Gasteiger partial charge in [0.25, 0.3) is 15.9 Å². The number of para-hydroxylation sites is 1. The molecule has 1 aromatic heterocycles. The summed E-state index contributed by atoms with van der Waals surface area (Å²) in [5.41, 5.74) is 1.10. The lowest BCUT2D eigenvalue weighted by atomic mass is 10.0. The highest BCUT2D eigenvalue weighted by molar-refractivity contribution is 7.93. The van der Waals surface area contributed by atoms with E-state index < -0.39 is 33.5 Å². The van der Waals surface area contributed by atoms with Gasteiger partial charge in [-0.25, -0.2) is 21.6 Å². The third-order valence-electron chi connectivity index (χ3n) is 7.25. The number of benzene rings is 3. The largest absolute Gasteiger partial charge is 0.333 e. The average Bonchev–Trinajstić information content (AvgIpc) is 2.95. The number of carbonyl (C=O) groups excluding carboxylic acids is 1. The number of sulfonamides is 1. The van der Waals surface area contributed by atoms with Gasteiger partial charge in [-0.3, -0.25) is 19.4 Å². The van der Waals surface area contributed by atoms with Crippen molar-refractivity contribution in [3.8, 4) is 0 Å². The summed E-state index contributed by atoms with van der Waals surface area (Å²) in [6.07, 6.45) is 1.53. The summed E-state index contributed by atoms with van der Waals surface area (Å²) in [5, 5.41) is 0.699. The lowest BCUT2D eigenvalue weighted by molar-refractivity contribution is 0.0401. The number of piperazine rings is 1. The van der Waals surface area contributed by atoms with E-state index in [1.165, 1.54) is 30.5 Å². The van der Waals surface area contributed by atoms with E-state index in [4.69, 9.17) is 0 Å². The normalized spacial score (nSPS) is 17.1. The maximum absolute atomic E-state index is 14.3. The first-order valence-electron chi connectivity index (χ1n) is 12.7. The van der Waals surface area contributed by atoms with Crippen molar-refractivity contribution in [3.05, 3.63) is 102 Å². The molecule has 1 aliphatic rings. The molecule has 1 saturated heterocycles. The Balaban J connectivity index is 1.26. The molecule has 11 heteroatoms. The monoisotopic (exact) mass is 568 g/mol. The van der Waals surface area contributed by atoms with E-state index in [0.29, 0.717) is 41.8 Å². The summed E-state index contributed by atoms with van der Waals surface area (Å²) in [6, 6.07) is 16.0. The zero-order valence-electron chi connectivity index (χ0n) is 21.8. The second kappa shape index (κ2) is 10.9. The summed E-state index contributed by atoms with van der Waals surface area (Å²) in [6.45, 7) is 4.74. The van der Waals surface area contributed by atoms with Crippen LogP contribution in [0.5, 0.6) is 0 Å². The smallest absolute Gasteiger partial charge is 0.264 e. The van der Waals surface area contributed by atoms with Crippen molar-refractivity contribution in [1.29, 1.82) is 0 Å². The third kappa shape index (κ3) is 5.26. The molecular weight excluding hydrogens is 541 g/mol. The van der Waals surface area contributed by atoms with Crippen molar-refractivity contribution < 1.29 is 26.4 Å². The lowest BCUT2D eigenvalue weighted by Gasteiger charge is -2.42. The summed E-state index contributed by atoms with van der Waals surface area (Å²) >= 11 is 0. The number of aromatic nitrogens is 1.